The first-order valence-corrected chi connectivity index (χ1v) is 15.4. The second-order valence-electron chi connectivity index (χ2n) is 10.8. The van der Waals surface area contributed by atoms with Crippen molar-refractivity contribution in [1.29, 1.82) is 0 Å². The Kier molecular flexibility index (Phi) is 10.1. The van der Waals surface area contributed by atoms with Crippen molar-refractivity contribution in [3.63, 3.8) is 0 Å². The molecule has 0 radical (unpaired) electrons. The van der Waals surface area contributed by atoms with Crippen molar-refractivity contribution in [3.8, 4) is 0 Å². The number of hydrogen-bond donors (Lipinski definition) is 2. The van der Waals surface area contributed by atoms with Crippen molar-refractivity contribution in [2.24, 2.45) is 0 Å². The molecule has 2 aromatic carbocycles. The monoisotopic (exact) mass is 627 g/mol. The summed E-state index contributed by atoms with van der Waals surface area (Å²) in [7, 11) is 1.29. The van der Waals surface area contributed by atoms with Crippen LogP contribution in [0.2, 0.25) is 0 Å². The van der Waals surface area contributed by atoms with Crippen LogP contribution in [0.15, 0.2) is 53.4 Å². The van der Waals surface area contributed by atoms with Gasteiger partial charge >= 0.3 is 12.1 Å². The molecule has 2 heterocycles. The smallest absolute Gasteiger partial charge is 0.410 e. The zero-order chi connectivity index (χ0) is 31.3. The van der Waals surface area contributed by atoms with Gasteiger partial charge in [-0.05, 0) is 81.6 Å². The Morgan fingerprint density at radius 1 is 1.09 bits per heavy atom. The third kappa shape index (κ3) is 8.14. The zero-order valence-corrected chi connectivity index (χ0v) is 26.2. The molecule has 43 heavy (non-hydrogen) atoms. The first-order chi connectivity index (χ1) is 20.4. The van der Waals surface area contributed by atoms with Gasteiger partial charge in [-0.3, -0.25) is 9.59 Å². The number of amides is 3. The Balaban J connectivity index is 1.48. The third-order valence-electron chi connectivity index (χ3n) is 6.47. The van der Waals surface area contributed by atoms with Crippen LogP contribution in [0.3, 0.4) is 0 Å². The van der Waals surface area contributed by atoms with Crippen LogP contribution in [-0.2, 0) is 27.2 Å². The van der Waals surface area contributed by atoms with E-state index in [-0.39, 0.29) is 18.4 Å². The number of hydrogen-bond acceptors (Lipinski definition) is 8. The molecule has 1 aliphatic rings. The van der Waals surface area contributed by atoms with Gasteiger partial charge < -0.3 is 25.0 Å². The molecule has 4 rings (SSSR count). The van der Waals surface area contributed by atoms with Gasteiger partial charge in [-0.25, -0.2) is 14.0 Å². The fraction of sp³-hybridized carbons (Fsp3) is 0.355. The number of anilines is 2. The van der Waals surface area contributed by atoms with E-state index >= 15 is 0 Å². The van der Waals surface area contributed by atoms with Crippen molar-refractivity contribution >= 4 is 57.7 Å². The second-order valence-corrected chi connectivity index (χ2v) is 13.2. The quantitative estimate of drug-likeness (QED) is 0.210. The van der Waals surface area contributed by atoms with E-state index in [0.29, 0.717) is 41.2 Å². The predicted molar refractivity (Wildman–Crippen MR) is 165 cm³/mol. The summed E-state index contributed by atoms with van der Waals surface area (Å²) < 4.78 is 23.8. The lowest BCUT2D eigenvalue weighted by Crippen LogP contribution is -2.39. The van der Waals surface area contributed by atoms with Crippen LogP contribution in [0, 0.1) is 5.82 Å². The van der Waals surface area contributed by atoms with Gasteiger partial charge in [0.05, 0.1) is 24.5 Å². The minimum absolute atomic E-state index is 0.261. The van der Waals surface area contributed by atoms with E-state index in [1.165, 1.54) is 54.5 Å². The Bertz CT molecular complexity index is 1520. The lowest BCUT2D eigenvalue weighted by Gasteiger charge is -2.30. The minimum atomic E-state index is -0.635. The summed E-state index contributed by atoms with van der Waals surface area (Å²) in [6.07, 6.45) is 0.483. The molecular formula is C31H34FN3O6S2. The van der Waals surface area contributed by atoms with E-state index < -0.39 is 28.7 Å². The van der Waals surface area contributed by atoms with E-state index in [1.54, 1.807) is 43.9 Å². The molecule has 1 unspecified atom stereocenters. The summed E-state index contributed by atoms with van der Waals surface area (Å²) in [5.74, 6) is -1.65. The lowest BCUT2D eigenvalue weighted by molar-refractivity contribution is -0.115. The number of fused-ring (bicyclic) bond motifs is 1. The molecule has 0 fully saturated rings. The van der Waals surface area contributed by atoms with Crippen LogP contribution in [0.1, 0.15) is 65.3 Å². The van der Waals surface area contributed by atoms with Gasteiger partial charge in [0.15, 0.2) is 0 Å². The van der Waals surface area contributed by atoms with Crippen LogP contribution in [0.25, 0.3) is 0 Å². The number of halogens is 1. The molecule has 0 spiro atoms. The summed E-state index contributed by atoms with van der Waals surface area (Å²) in [5, 5.41) is 5.60. The Hall–Kier alpha value is -3.90. The normalized spacial score (nSPS) is 13.5. The van der Waals surface area contributed by atoms with E-state index in [4.69, 9.17) is 9.47 Å². The van der Waals surface area contributed by atoms with Crippen molar-refractivity contribution in [3.05, 3.63) is 75.9 Å². The van der Waals surface area contributed by atoms with Crippen molar-refractivity contribution in [2.45, 2.75) is 62.8 Å². The standard InChI is InChI=1S/C31H34FN3O6S2/c1-6-23(42-21-9-7-8-20(16-21)33-26(36)18-10-12-19(32)13-11-18)27(37)34-28-25(29(38)40-5)22-14-15-35(17-24(22)43-28)30(39)41-31(2,3)4/h7-13,16,23H,6,14-15,17H2,1-5H3,(H,33,36)(H,34,37). The maximum Gasteiger partial charge on any atom is 0.410 e. The van der Waals surface area contributed by atoms with Crippen LogP contribution >= 0.6 is 23.1 Å². The molecule has 0 bridgehead atoms. The van der Waals surface area contributed by atoms with E-state index in [9.17, 15) is 23.6 Å². The average Bonchev–Trinajstić information content (AvgIpc) is 3.32. The van der Waals surface area contributed by atoms with Crippen LogP contribution in [-0.4, -0.2) is 53.3 Å². The summed E-state index contributed by atoms with van der Waals surface area (Å²) >= 11 is 2.58. The first kappa shape index (κ1) is 32.0. The molecular weight excluding hydrogens is 593 g/mol. The maximum absolute atomic E-state index is 13.5. The van der Waals surface area contributed by atoms with E-state index in [0.717, 1.165) is 15.3 Å². The first-order valence-electron chi connectivity index (χ1n) is 13.7. The average molecular weight is 628 g/mol. The number of nitrogens with one attached hydrogen (secondary N) is 2. The van der Waals surface area contributed by atoms with Gasteiger partial charge in [0.2, 0.25) is 5.91 Å². The topological polar surface area (TPSA) is 114 Å². The molecule has 2 N–H and O–H groups in total. The van der Waals surface area contributed by atoms with Gasteiger partial charge in [-0.1, -0.05) is 13.0 Å². The minimum Gasteiger partial charge on any atom is -0.465 e. The predicted octanol–water partition coefficient (Wildman–Crippen LogP) is 6.73. The number of esters is 1. The molecule has 0 saturated heterocycles. The number of methoxy groups -OCH3 is 1. The van der Waals surface area contributed by atoms with Crippen molar-refractivity contribution in [1.82, 2.24) is 4.90 Å². The number of thiophene rings is 1. The Morgan fingerprint density at radius 2 is 1.81 bits per heavy atom. The zero-order valence-electron chi connectivity index (χ0n) is 24.6. The highest BCUT2D eigenvalue weighted by atomic mass is 32.2. The van der Waals surface area contributed by atoms with Crippen molar-refractivity contribution in [2.75, 3.05) is 24.3 Å². The lowest BCUT2D eigenvalue weighted by atomic mass is 10.0. The Labute approximate surface area is 258 Å². The number of carbonyl (C=O) groups excluding carboxylic acids is 4. The van der Waals surface area contributed by atoms with Gasteiger partial charge in [-0.2, -0.15) is 0 Å². The fourth-order valence-electron chi connectivity index (χ4n) is 4.42. The molecule has 9 nitrogen and oxygen atoms in total. The second kappa shape index (κ2) is 13.6. The number of rotatable bonds is 8. The molecule has 1 aliphatic heterocycles. The van der Waals surface area contributed by atoms with Crippen LogP contribution in [0.4, 0.5) is 19.9 Å². The van der Waals surface area contributed by atoms with Gasteiger partial charge in [0.25, 0.3) is 5.91 Å². The molecule has 3 amide bonds. The molecule has 0 aliphatic carbocycles. The van der Waals surface area contributed by atoms with E-state index in [1.807, 2.05) is 13.0 Å². The summed E-state index contributed by atoms with van der Waals surface area (Å²) in [4.78, 5) is 54.6. The third-order valence-corrected chi connectivity index (χ3v) is 8.96. The molecule has 12 heteroatoms. The maximum atomic E-state index is 13.5. The summed E-state index contributed by atoms with van der Waals surface area (Å²) in [6.45, 7) is 7.93. The summed E-state index contributed by atoms with van der Waals surface area (Å²) in [5.41, 5.74) is 1.29. The highest BCUT2D eigenvalue weighted by Gasteiger charge is 2.33. The molecule has 228 valence electrons. The van der Waals surface area contributed by atoms with Crippen molar-refractivity contribution < 1.29 is 33.0 Å². The highest BCUT2D eigenvalue weighted by molar-refractivity contribution is 8.00. The largest absolute Gasteiger partial charge is 0.465 e. The molecule has 3 aromatic rings. The van der Waals surface area contributed by atoms with Gasteiger partial charge in [-0.15, -0.1) is 23.1 Å². The SMILES string of the molecule is CCC(Sc1cccc(NC(=O)c2ccc(F)cc2)c1)C(=O)Nc1sc2c(c1C(=O)OC)CCN(C(=O)OC(C)(C)C)C2. The molecule has 1 aromatic heterocycles. The molecule has 0 saturated carbocycles. The number of nitrogens with zero attached hydrogens (tertiary/aromatic N) is 1. The van der Waals surface area contributed by atoms with Crippen LogP contribution in [0.5, 0.6) is 0 Å². The van der Waals surface area contributed by atoms with Crippen LogP contribution < -0.4 is 10.6 Å². The molecule has 1 atom stereocenters. The van der Waals surface area contributed by atoms with Gasteiger partial charge in [0, 0.05) is 27.6 Å². The van der Waals surface area contributed by atoms with E-state index in [2.05, 4.69) is 10.6 Å². The Morgan fingerprint density at radius 3 is 2.47 bits per heavy atom. The number of ether oxygens (including phenoxy) is 2. The highest BCUT2D eigenvalue weighted by Crippen LogP contribution is 2.39. The number of thioether (sulfide) groups is 1. The fourth-order valence-corrected chi connectivity index (χ4v) is 6.69. The number of carbonyl (C=O) groups is 4. The summed E-state index contributed by atoms with van der Waals surface area (Å²) in [6, 6.07) is 12.3. The van der Waals surface area contributed by atoms with Gasteiger partial charge in [0.1, 0.15) is 16.4 Å². The number of benzene rings is 2.